The van der Waals surface area contributed by atoms with E-state index >= 15 is 0 Å². The third-order valence-corrected chi connectivity index (χ3v) is 12.8. The maximum Gasteiger partial charge on any atom is 0.276 e. The van der Waals surface area contributed by atoms with Crippen LogP contribution in [0.5, 0.6) is 11.5 Å². The smallest absolute Gasteiger partial charge is 0.276 e. The van der Waals surface area contributed by atoms with Gasteiger partial charge in [0.2, 0.25) is 0 Å². The van der Waals surface area contributed by atoms with Crippen LogP contribution < -0.4 is 14.4 Å². The fourth-order valence-corrected chi connectivity index (χ4v) is 8.58. The summed E-state index contributed by atoms with van der Waals surface area (Å²) in [6, 6.07) is 23.1. The van der Waals surface area contributed by atoms with Gasteiger partial charge in [0.15, 0.2) is 19.7 Å². The van der Waals surface area contributed by atoms with Crippen molar-refractivity contribution < 1.29 is 38.4 Å². The summed E-state index contributed by atoms with van der Waals surface area (Å²) in [4.78, 5) is 3.96. The minimum Gasteiger partial charge on any atom is -0.457 e. The Morgan fingerprint density at radius 3 is 1.08 bits per heavy atom. The Kier molecular flexibility index (Phi) is 11.3. The number of nitrogens with one attached hydrogen (secondary N) is 2. The molecule has 260 valence electrons. The second-order valence-corrected chi connectivity index (χ2v) is 18.4. The number of hydrogen-bond donors (Lipinski definition) is 2. The van der Waals surface area contributed by atoms with Crippen LogP contribution in [0.15, 0.2) is 127 Å². The molecule has 4 rings (SSSR count). The van der Waals surface area contributed by atoms with Gasteiger partial charge in [-0.1, -0.05) is 35.4 Å². The average Bonchev–Trinajstić information content (AvgIpc) is 3.03. The summed E-state index contributed by atoms with van der Waals surface area (Å²) in [6.07, 6.45) is 0. The van der Waals surface area contributed by atoms with E-state index in [0.29, 0.717) is 0 Å². The van der Waals surface area contributed by atoms with E-state index in [9.17, 15) is 33.7 Å². The first-order valence-electron chi connectivity index (χ1n) is 14.4. The number of hydrogen-bond acceptors (Lipinski definition) is 11. The molecule has 0 heterocycles. The molecule has 0 aromatic heterocycles. The van der Waals surface area contributed by atoms with Crippen LogP contribution >= 0.6 is 0 Å². The molecule has 0 amide bonds. The summed E-state index contributed by atoms with van der Waals surface area (Å²) in [6.45, 7) is 6.45. The van der Waals surface area contributed by atoms with E-state index in [0.717, 1.165) is 11.1 Å². The highest BCUT2D eigenvalue weighted by Crippen LogP contribution is 2.24. The number of ether oxygens (including phenoxy) is 1. The maximum absolute atomic E-state index is 12.7. The first kappa shape index (κ1) is 37.2. The quantitative estimate of drug-likeness (QED) is 0.139. The fraction of sp³-hybridized carbons (Fsp3) is 0.188. The molecule has 0 bridgehead atoms. The minimum atomic E-state index is -4.14. The molecule has 0 aliphatic heterocycles. The number of nitrogens with zero attached hydrogens (tertiary/aromatic N) is 2. The van der Waals surface area contributed by atoms with Gasteiger partial charge in [0.25, 0.3) is 20.0 Å². The van der Waals surface area contributed by atoms with Gasteiger partial charge in [0.1, 0.15) is 11.5 Å². The molecular formula is C32H34N4O9S4. The van der Waals surface area contributed by atoms with Crippen LogP contribution in [0.2, 0.25) is 0 Å². The predicted molar refractivity (Wildman–Crippen MR) is 186 cm³/mol. The topological polar surface area (TPSA) is 195 Å². The van der Waals surface area contributed by atoms with Crippen LogP contribution in [0.1, 0.15) is 25.0 Å². The Labute approximate surface area is 286 Å². The molecule has 0 unspecified atom stereocenters. The monoisotopic (exact) mass is 746 g/mol. The van der Waals surface area contributed by atoms with Crippen LogP contribution in [0, 0.1) is 13.8 Å². The largest absolute Gasteiger partial charge is 0.457 e. The van der Waals surface area contributed by atoms with Crippen LogP contribution in [0.3, 0.4) is 0 Å². The fourth-order valence-electron chi connectivity index (χ4n) is 4.16. The second-order valence-electron chi connectivity index (χ2n) is 11.1. The lowest BCUT2D eigenvalue weighted by atomic mass is 10.2. The average molecular weight is 747 g/mol. The lowest BCUT2D eigenvalue weighted by Crippen LogP contribution is -2.22. The number of hydrazone groups is 2. The van der Waals surface area contributed by atoms with E-state index in [2.05, 4.69) is 10.2 Å². The van der Waals surface area contributed by atoms with Crippen molar-refractivity contribution in [3.05, 3.63) is 108 Å². The van der Waals surface area contributed by atoms with Gasteiger partial charge in [-0.25, -0.2) is 26.5 Å². The normalized spacial score (nSPS) is 13.1. The van der Waals surface area contributed by atoms with Gasteiger partial charge in [-0.05, 0) is 100 Å². The van der Waals surface area contributed by atoms with Crippen molar-refractivity contribution in [1.29, 1.82) is 0 Å². The lowest BCUT2D eigenvalue weighted by molar-refractivity contribution is 0.481. The Balaban J connectivity index is 1.34. The zero-order valence-electron chi connectivity index (χ0n) is 26.9. The van der Waals surface area contributed by atoms with Gasteiger partial charge in [-0.2, -0.15) is 27.0 Å². The SMILES string of the molecule is C/C(CS(=O)(=O)c1ccc(C)cc1)=N/NS(=O)(=O)c1ccc(Oc2ccc(S(=O)(=O)N/N=C(/C)CS(=O)(=O)c3ccc(C)cc3)cc2)cc1. The number of rotatable bonds is 14. The standard InChI is InChI=1S/C32H34N4O9S4/c1-23-5-13-29(14-6-23)46(37,38)21-25(3)33-35-48(41,42)31-17-9-27(10-18-31)45-28-11-19-32(20-12-28)49(43,44)36-34-26(4)22-47(39,40)30-15-7-24(2)8-16-30/h5-20,35-36H,21-22H2,1-4H3/b33-25-,34-26-. The maximum atomic E-state index is 12.7. The third kappa shape index (κ3) is 10.2. The number of benzene rings is 4. The highest BCUT2D eigenvalue weighted by Gasteiger charge is 2.19. The molecule has 2 N–H and O–H groups in total. The summed E-state index contributed by atoms with van der Waals surface area (Å²) in [5.41, 5.74) is 1.88. The Bertz CT molecular complexity index is 2140. The third-order valence-electron chi connectivity index (χ3n) is 6.78. The van der Waals surface area contributed by atoms with Crippen LogP contribution in [-0.2, 0) is 39.7 Å². The molecule has 49 heavy (non-hydrogen) atoms. The van der Waals surface area contributed by atoms with Crippen molar-refractivity contribution >= 4 is 51.1 Å². The summed E-state index contributed by atoms with van der Waals surface area (Å²) in [5.74, 6) is -0.474. The molecule has 0 aliphatic rings. The molecule has 0 saturated carbocycles. The summed E-state index contributed by atoms with van der Waals surface area (Å²) < 4.78 is 107. The zero-order chi connectivity index (χ0) is 36.0. The number of sulfonamides is 2. The summed E-state index contributed by atoms with van der Waals surface area (Å²) in [7, 11) is -15.7. The van der Waals surface area contributed by atoms with Crippen molar-refractivity contribution in [3.63, 3.8) is 0 Å². The van der Waals surface area contributed by atoms with Crippen LogP contribution in [-0.4, -0.2) is 56.6 Å². The van der Waals surface area contributed by atoms with Crippen LogP contribution in [0.25, 0.3) is 0 Å². The summed E-state index contributed by atoms with van der Waals surface area (Å²) >= 11 is 0. The van der Waals surface area contributed by atoms with E-state index in [-0.39, 0.29) is 42.5 Å². The van der Waals surface area contributed by atoms with Crippen molar-refractivity contribution in [3.8, 4) is 11.5 Å². The molecule has 17 heteroatoms. The molecular weight excluding hydrogens is 713 g/mol. The number of aryl methyl sites for hydroxylation is 2. The van der Waals surface area contributed by atoms with E-state index in [1.54, 1.807) is 24.3 Å². The van der Waals surface area contributed by atoms with E-state index in [4.69, 9.17) is 4.74 Å². The molecule has 0 radical (unpaired) electrons. The van der Waals surface area contributed by atoms with Crippen molar-refractivity contribution in [2.75, 3.05) is 11.5 Å². The van der Waals surface area contributed by atoms with E-state index in [1.165, 1.54) is 86.6 Å². The highest BCUT2D eigenvalue weighted by molar-refractivity contribution is 7.92. The molecule has 0 aliphatic carbocycles. The van der Waals surface area contributed by atoms with Gasteiger partial charge in [0, 0.05) is 0 Å². The van der Waals surface area contributed by atoms with Crippen molar-refractivity contribution in [1.82, 2.24) is 9.66 Å². The summed E-state index contributed by atoms with van der Waals surface area (Å²) in [5, 5.41) is 7.50. The molecule has 4 aromatic rings. The van der Waals surface area contributed by atoms with Gasteiger partial charge in [0.05, 0.1) is 42.5 Å². The van der Waals surface area contributed by atoms with E-state index < -0.39 is 51.2 Å². The zero-order valence-corrected chi connectivity index (χ0v) is 30.1. The predicted octanol–water partition coefficient (Wildman–Crippen LogP) is 4.35. The second kappa shape index (κ2) is 14.9. The van der Waals surface area contributed by atoms with Gasteiger partial charge < -0.3 is 4.74 Å². The first-order chi connectivity index (χ1) is 22.9. The van der Waals surface area contributed by atoms with Gasteiger partial charge in [-0.3, -0.25) is 0 Å². The molecule has 0 spiro atoms. The van der Waals surface area contributed by atoms with E-state index in [1.807, 2.05) is 23.5 Å². The minimum absolute atomic E-state index is 0.0396. The lowest BCUT2D eigenvalue weighted by Gasteiger charge is -2.10. The van der Waals surface area contributed by atoms with Crippen LogP contribution in [0.4, 0.5) is 0 Å². The molecule has 4 aromatic carbocycles. The van der Waals surface area contributed by atoms with Gasteiger partial charge >= 0.3 is 0 Å². The van der Waals surface area contributed by atoms with Crippen molar-refractivity contribution in [2.24, 2.45) is 10.2 Å². The Morgan fingerprint density at radius 2 is 0.776 bits per heavy atom. The highest BCUT2D eigenvalue weighted by atomic mass is 32.2. The van der Waals surface area contributed by atoms with Crippen molar-refractivity contribution in [2.45, 2.75) is 47.3 Å². The molecule has 0 saturated heterocycles. The number of sulfone groups is 2. The molecule has 13 nitrogen and oxygen atoms in total. The Morgan fingerprint density at radius 1 is 0.490 bits per heavy atom. The van der Waals surface area contributed by atoms with Gasteiger partial charge in [-0.15, -0.1) is 0 Å². The Hall–Kier alpha value is -4.58. The molecule has 0 atom stereocenters. The first-order valence-corrected chi connectivity index (χ1v) is 20.7. The molecule has 0 fully saturated rings.